The third kappa shape index (κ3) is 3.34. The van der Waals surface area contributed by atoms with Gasteiger partial charge in [0.25, 0.3) is 0 Å². The van der Waals surface area contributed by atoms with Crippen LogP contribution in [0.4, 0.5) is 13.2 Å². The Labute approximate surface area is 87.8 Å². The van der Waals surface area contributed by atoms with E-state index in [-0.39, 0.29) is 19.0 Å². The number of likely N-dealkylation sites (tertiary alicyclic amines) is 1. The van der Waals surface area contributed by atoms with Crippen LogP contribution in [-0.2, 0) is 0 Å². The Morgan fingerprint density at radius 2 is 1.93 bits per heavy atom. The van der Waals surface area contributed by atoms with E-state index in [0.29, 0.717) is 17.4 Å². The highest BCUT2D eigenvalue weighted by molar-refractivity contribution is 4.83. The number of nitrogens with one attached hydrogen (secondary N) is 1. The van der Waals surface area contributed by atoms with Crippen LogP contribution in [0.1, 0.15) is 25.7 Å². The van der Waals surface area contributed by atoms with Crippen LogP contribution in [-0.4, -0.2) is 36.9 Å². The summed E-state index contributed by atoms with van der Waals surface area (Å²) in [5.74, 6) is 0.168. The van der Waals surface area contributed by atoms with Gasteiger partial charge >= 0.3 is 6.30 Å². The summed E-state index contributed by atoms with van der Waals surface area (Å²) in [4.78, 5) is 0.649. The molecule has 0 aromatic carbocycles. The van der Waals surface area contributed by atoms with Crippen LogP contribution in [0.25, 0.3) is 0 Å². The van der Waals surface area contributed by atoms with Gasteiger partial charge < -0.3 is 5.32 Å². The third-order valence-corrected chi connectivity index (χ3v) is 3.15. The molecule has 2 fully saturated rings. The molecule has 88 valence electrons. The molecule has 1 aliphatic carbocycles. The lowest BCUT2D eigenvalue weighted by atomic mass is 9.98. The summed E-state index contributed by atoms with van der Waals surface area (Å²) < 4.78 is 37.3. The zero-order valence-electron chi connectivity index (χ0n) is 8.69. The smallest absolute Gasteiger partial charge is 0.314 e. The van der Waals surface area contributed by atoms with Gasteiger partial charge in [-0.1, -0.05) is 0 Å². The van der Waals surface area contributed by atoms with E-state index >= 15 is 0 Å². The van der Waals surface area contributed by atoms with Crippen molar-refractivity contribution in [3.63, 3.8) is 0 Å². The van der Waals surface area contributed by atoms with Crippen LogP contribution < -0.4 is 5.32 Å². The minimum Gasteiger partial charge on any atom is -0.314 e. The number of alkyl halides is 3. The maximum Gasteiger partial charge on any atom is 0.459 e. The summed E-state index contributed by atoms with van der Waals surface area (Å²) in [6.07, 6.45) is -0.174. The first-order chi connectivity index (χ1) is 7.05. The fourth-order valence-electron chi connectivity index (χ4n) is 2.08. The Bertz CT molecular complexity index is 213. The molecular weight excluding hydrogens is 205 g/mol. The molecule has 1 aliphatic heterocycles. The Morgan fingerprint density at radius 1 is 1.20 bits per heavy atom. The molecule has 1 saturated carbocycles. The summed E-state index contributed by atoms with van der Waals surface area (Å²) in [5, 5.41) is 3.30. The monoisotopic (exact) mass is 222 g/mol. The normalized spacial score (nSPS) is 29.4. The number of nitrogens with zero attached hydrogens (tertiary/aromatic N) is 1. The zero-order chi connectivity index (χ0) is 10.9. The molecule has 15 heavy (non-hydrogen) atoms. The van der Waals surface area contributed by atoms with E-state index in [1.807, 2.05) is 0 Å². The average molecular weight is 222 g/mol. The molecular formula is C10H17F3N2. The first-order valence-corrected chi connectivity index (χ1v) is 5.61. The first-order valence-electron chi connectivity index (χ1n) is 5.61. The van der Waals surface area contributed by atoms with Gasteiger partial charge in [-0.2, -0.15) is 13.2 Å². The van der Waals surface area contributed by atoms with Crippen molar-refractivity contribution in [3.8, 4) is 0 Å². The highest BCUT2D eigenvalue weighted by atomic mass is 19.4. The lowest BCUT2D eigenvalue weighted by Crippen LogP contribution is -2.47. The van der Waals surface area contributed by atoms with Crippen molar-refractivity contribution in [1.29, 1.82) is 0 Å². The van der Waals surface area contributed by atoms with E-state index in [2.05, 4.69) is 5.32 Å². The fourth-order valence-corrected chi connectivity index (χ4v) is 2.08. The molecule has 1 unspecified atom stereocenters. The Balaban J connectivity index is 1.75. The first kappa shape index (κ1) is 11.2. The molecule has 0 aromatic rings. The molecule has 0 spiro atoms. The van der Waals surface area contributed by atoms with E-state index in [1.165, 1.54) is 12.8 Å². The van der Waals surface area contributed by atoms with Gasteiger partial charge in [-0.3, -0.25) is 0 Å². The Morgan fingerprint density at radius 3 is 2.53 bits per heavy atom. The topological polar surface area (TPSA) is 15.3 Å². The van der Waals surface area contributed by atoms with E-state index in [4.69, 9.17) is 0 Å². The molecule has 1 saturated heterocycles. The summed E-state index contributed by atoms with van der Waals surface area (Å²) in [7, 11) is 0. The van der Waals surface area contributed by atoms with Gasteiger partial charge in [0, 0.05) is 19.1 Å². The predicted molar refractivity (Wildman–Crippen MR) is 51.4 cm³/mol. The van der Waals surface area contributed by atoms with E-state index < -0.39 is 6.30 Å². The van der Waals surface area contributed by atoms with Crippen molar-refractivity contribution in [3.05, 3.63) is 0 Å². The molecule has 1 atom stereocenters. The molecule has 0 amide bonds. The second kappa shape index (κ2) is 4.29. The summed E-state index contributed by atoms with van der Waals surface area (Å²) in [6.45, 7) is 1.09. The number of halogens is 3. The van der Waals surface area contributed by atoms with Gasteiger partial charge in [-0.25, -0.2) is 4.90 Å². The van der Waals surface area contributed by atoms with Crippen LogP contribution in [0.15, 0.2) is 0 Å². The molecule has 0 aromatic heterocycles. The molecule has 1 N–H and O–H groups in total. The van der Waals surface area contributed by atoms with Crippen LogP contribution in [0.2, 0.25) is 0 Å². The third-order valence-electron chi connectivity index (χ3n) is 3.15. The SMILES string of the molecule is FC(F)(F)N1CCCC(CNC2CC2)C1. The van der Waals surface area contributed by atoms with Crippen LogP contribution in [0.3, 0.4) is 0 Å². The largest absolute Gasteiger partial charge is 0.459 e. The zero-order valence-corrected chi connectivity index (χ0v) is 8.69. The van der Waals surface area contributed by atoms with Crippen molar-refractivity contribution in [1.82, 2.24) is 10.2 Å². The van der Waals surface area contributed by atoms with E-state index in [9.17, 15) is 13.2 Å². The van der Waals surface area contributed by atoms with E-state index in [0.717, 1.165) is 13.0 Å². The van der Waals surface area contributed by atoms with Gasteiger partial charge in [0.05, 0.1) is 0 Å². The van der Waals surface area contributed by atoms with Crippen molar-refractivity contribution >= 4 is 0 Å². The maximum absolute atomic E-state index is 12.4. The van der Waals surface area contributed by atoms with Crippen LogP contribution >= 0.6 is 0 Å². The minimum atomic E-state index is -4.14. The second-order valence-corrected chi connectivity index (χ2v) is 4.60. The van der Waals surface area contributed by atoms with Gasteiger partial charge in [-0.05, 0) is 38.1 Å². The van der Waals surface area contributed by atoms with Crippen molar-refractivity contribution in [2.75, 3.05) is 19.6 Å². The minimum absolute atomic E-state index is 0.168. The van der Waals surface area contributed by atoms with Gasteiger partial charge in [-0.15, -0.1) is 0 Å². The Hall–Kier alpha value is -0.290. The van der Waals surface area contributed by atoms with Crippen molar-refractivity contribution < 1.29 is 13.2 Å². The molecule has 1 heterocycles. The summed E-state index contributed by atoms with van der Waals surface area (Å²) in [6, 6.07) is 0.589. The van der Waals surface area contributed by atoms with Crippen molar-refractivity contribution in [2.24, 2.45) is 5.92 Å². The highest BCUT2D eigenvalue weighted by Crippen LogP contribution is 2.28. The predicted octanol–water partition coefficient (Wildman–Crippen LogP) is 1.97. The maximum atomic E-state index is 12.4. The number of rotatable bonds is 3. The highest BCUT2D eigenvalue weighted by Gasteiger charge is 2.39. The standard InChI is InChI=1S/C10H17F3N2/c11-10(12,13)15-5-1-2-8(7-15)6-14-9-3-4-9/h8-9,14H,1-7H2. The molecule has 5 heteroatoms. The van der Waals surface area contributed by atoms with Crippen LogP contribution in [0, 0.1) is 5.92 Å². The second-order valence-electron chi connectivity index (χ2n) is 4.60. The van der Waals surface area contributed by atoms with Crippen LogP contribution in [0.5, 0.6) is 0 Å². The van der Waals surface area contributed by atoms with Crippen molar-refractivity contribution in [2.45, 2.75) is 38.0 Å². The summed E-state index contributed by atoms with van der Waals surface area (Å²) >= 11 is 0. The van der Waals surface area contributed by atoms with E-state index in [1.54, 1.807) is 0 Å². The molecule has 0 bridgehead atoms. The number of hydrogen-bond donors (Lipinski definition) is 1. The summed E-state index contributed by atoms with van der Waals surface area (Å²) in [5.41, 5.74) is 0. The van der Waals surface area contributed by atoms with Gasteiger partial charge in [0.1, 0.15) is 0 Å². The lowest BCUT2D eigenvalue weighted by Gasteiger charge is -2.33. The molecule has 2 aliphatic rings. The van der Waals surface area contributed by atoms with Gasteiger partial charge in [0.2, 0.25) is 0 Å². The quantitative estimate of drug-likeness (QED) is 0.734. The van der Waals surface area contributed by atoms with Gasteiger partial charge in [0.15, 0.2) is 0 Å². The average Bonchev–Trinajstić information content (AvgIpc) is 2.97. The molecule has 2 rings (SSSR count). The molecule has 0 radical (unpaired) electrons. The lowest BCUT2D eigenvalue weighted by molar-refractivity contribution is -0.253. The number of hydrogen-bond acceptors (Lipinski definition) is 2. The molecule has 2 nitrogen and oxygen atoms in total. The number of piperidine rings is 1. The Kier molecular flexibility index (Phi) is 3.21. The fraction of sp³-hybridized carbons (Fsp3) is 1.00.